The molecule has 1 aromatic heterocycles. The van der Waals surface area contributed by atoms with Crippen LogP contribution in [-0.4, -0.2) is 15.3 Å². The van der Waals surface area contributed by atoms with Crippen molar-refractivity contribution in [3.63, 3.8) is 0 Å². The lowest BCUT2D eigenvalue weighted by Crippen LogP contribution is -2.04. The van der Waals surface area contributed by atoms with E-state index in [0.29, 0.717) is 16.9 Å². The van der Waals surface area contributed by atoms with Crippen molar-refractivity contribution < 1.29 is 17.6 Å². The number of benzene rings is 1. The molecule has 24 heavy (non-hydrogen) atoms. The summed E-state index contributed by atoms with van der Waals surface area (Å²) >= 11 is 0.187. The molecule has 2 aromatic rings. The summed E-state index contributed by atoms with van der Waals surface area (Å²) < 4.78 is 53.6. The van der Waals surface area contributed by atoms with Crippen LogP contribution in [0.3, 0.4) is 0 Å². The zero-order chi connectivity index (χ0) is 17.4. The first-order valence-electron chi connectivity index (χ1n) is 7.12. The number of fused-ring (bicyclic) bond motifs is 1. The number of hydrogen-bond acceptors (Lipinski definition) is 4. The highest BCUT2D eigenvalue weighted by Crippen LogP contribution is 2.40. The summed E-state index contributed by atoms with van der Waals surface area (Å²) in [7, 11) is 0. The van der Waals surface area contributed by atoms with Crippen molar-refractivity contribution in [1.82, 2.24) is 9.55 Å². The Labute approximate surface area is 139 Å². The van der Waals surface area contributed by atoms with Gasteiger partial charge in [0.05, 0.1) is 16.1 Å². The van der Waals surface area contributed by atoms with Crippen LogP contribution in [0.5, 0.6) is 0 Å². The molecule has 3 rings (SSSR count). The molecular weight excluding hydrogens is 344 g/mol. The number of thioether (sulfide) groups is 1. The summed E-state index contributed by atoms with van der Waals surface area (Å²) in [5.74, 6) is -4.29. The topological polar surface area (TPSA) is 69.9 Å². The van der Waals surface area contributed by atoms with Gasteiger partial charge in [-0.1, -0.05) is 0 Å². The standard InChI is InChI=1S/C15H14F4N4S/c16-9-4-11-12(5-10(9)17)23(8-1-2-8)14(22-11)7(6-20)3-13(21)24-15(18)19/h3-6,8,15H,1-2,20-21H2/b7-6+,13-3+. The number of nitrogens with zero attached hydrogens (tertiary/aromatic N) is 2. The average Bonchev–Trinajstić information content (AvgIpc) is 3.27. The van der Waals surface area contributed by atoms with Gasteiger partial charge in [-0.15, -0.1) is 0 Å². The van der Waals surface area contributed by atoms with Crippen LogP contribution < -0.4 is 11.5 Å². The number of imidazole rings is 1. The van der Waals surface area contributed by atoms with Gasteiger partial charge in [-0.05, 0) is 30.7 Å². The van der Waals surface area contributed by atoms with Crippen molar-refractivity contribution in [3.05, 3.63) is 46.9 Å². The van der Waals surface area contributed by atoms with E-state index in [1.54, 1.807) is 4.57 Å². The molecular formula is C15H14F4N4S. The Kier molecular flexibility index (Phi) is 4.44. The molecule has 0 aliphatic heterocycles. The summed E-state index contributed by atoms with van der Waals surface area (Å²) in [5, 5.41) is -0.131. The molecule has 4 nitrogen and oxygen atoms in total. The first kappa shape index (κ1) is 16.7. The quantitative estimate of drug-likeness (QED) is 0.632. The second-order valence-electron chi connectivity index (χ2n) is 5.34. The second kappa shape index (κ2) is 6.39. The molecule has 4 N–H and O–H groups in total. The molecule has 0 atom stereocenters. The lowest BCUT2D eigenvalue weighted by atomic mass is 10.2. The number of aromatic nitrogens is 2. The summed E-state index contributed by atoms with van der Waals surface area (Å²) in [5.41, 5.74) is 12.2. The molecule has 128 valence electrons. The van der Waals surface area contributed by atoms with E-state index in [0.717, 1.165) is 25.0 Å². The Hall–Kier alpha value is -2.16. The van der Waals surface area contributed by atoms with Gasteiger partial charge in [-0.3, -0.25) is 0 Å². The molecule has 0 spiro atoms. The van der Waals surface area contributed by atoms with E-state index in [9.17, 15) is 17.6 Å². The zero-order valence-electron chi connectivity index (χ0n) is 12.3. The third kappa shape index (κ3) is 3.21. The number of alkyl halides is 2. The van der Waals surface area contributed by atoms with Crippen molar-refractivity contribution >= 4 is 28.4 Å². The Bertz CT molecular complexity index is 840. The molecule has 0 amide bonds. The van der Waals surface area contributed by atoms with E-state index < -0.39 is 17.4 Å². The van der Waals surface area contributed by atoms with Crippen molar-refractivity contribution in [3.8, 4) is 0 Å². The van der Waals surface area contributed by atoms with Crippen LogP contribution in [-0.2, 0) is 0 Å². The van der Waals surface area contributed by atoms with Gasteiger partial charge in [0.2, 0.25) is 0 Å². The minimum atomic E-state index is -2.66. The van der Waals surface area contributed by atoms with Gasteiger partial charge in [0.25, 0.3) is 5.76 Å². The molecule has 0 unspecified atom stereocenters. The Morgan fingerprint density at radius 3 is 2.54 bits per heavy atom. The monoisotopic (exact) mass is 358 g/mol. The minimum absolute atomic E-state index is 0.0854. The number of hydrogen-bond donors (Lipinski definition) is 2. The lowest BCUT2D eigenvalue weighted by molar-refractivity contribution is 0.253. The highest BCUT2D eigenvalue weighted by Gasteiger charge is 2.29. The first-order chi connectivity index (χ1) is 11.4. The third-order valence-corrected chi connectivity index (χ3v) is 4.17. The van der Waals surface area contributed by atoms with Crippen molar-refractivity contribution in [1.29, 1.82) is 0 Å². The fourth-order valence-corrected chi connectivity index (χ4v) is 2.87. The normalized spacial score (nSPS) is 16.4. The number of rotatable bonds is 5. The number of halogens is 4. The largest absolute Gasteiger partial charge is 0.404 e. The Morgan fingerprint density at radius 1 is 1.29 bits per heavy atom. The van der Waals surface area contributed by atoms with Gasteiger partial charge in [-0.25, -0.2) is 13.8 Å². The average molecular weight is 358 g/mol. The molecule has 0 bridgehead atoms. The number of allylic oxidation sites excluding steroid dienone is 2. The first-order valence-corrected chi connectivity index (χ1v) is 8.00. The second-order valence-corrected chi connectivity index (χ2v) is 6.40. The molecule has 1 aliphatic carbocycles. The molecule has 9 heteroatoms. The fraction of sp³-hybridized carbons (Fsp3) is 0.267. The van der Waals surface area contributed by atoms with Crippen LogP contribution in [0.25, 0.3) is 16.6 Å². The molecule has 0 radical (unpaired) electrons. The van der Waals surface area contributed by atoms with Crippen LogP contribution in [0.15, 0.2) is 29.4 Å². The van der Waals surface area contributed by atoms with Gasteiger partial charge < -0.3 is 16.0 Å². The van der Waals surface area contributed by atoms with Crippen LogP contribution in [0, 0.1) is 11.6 Å². The molecule has 0 saturated heterocycles. The lowest BCUT2D eigenvalue weighted by Gasteiger charge is -2.09. The van der Waals surface area contributed by atoms with Crippen LogP contribution >= 0.6 is 11.8 Å². The summed E-state index contributed by atoms with van der Waals surface area (Å²) in [6.45, 7) is 0. The summed E-state index contributed by atoms with van der Waals surface area (Å²) in [6.07, 6.45) is 4.19. The van der Waals surface area contributed by atoms with Crippen molar-refractivity contribution in [2.45, 2.75) is 24.6 Å². The highest BCUT2D eigenvalue weighted by atomic mass is 32.2. The summed E-state index contributed by atoms with van der Waals surface area (Å²) in [6, 6.07) is 2.17. The van der Waals surface area contributed by atoms with Crippen molar-refractivity contribution in [2.75, 3.05) is 0 Å². The van der Waals surface area contributed by atoms with Gasteiger partial charge in [0.1, 0.15) is 5.82 Å². The van der Waals surface area contributed by atoms with Crippen molar-refractivity contribution in [2.24, 2.45) is 11.5 Å². The van der Waals surface area contributed by atoms with Crippen LogP contribution in [0.4, 0.5) is 17.6 Å². The third-order valence-electron chi connectivity index (χ3n) is 3.60. The van der Waals surface area contributed by atoms with Gasteiger partial charge in [0, 0.05) is 29.9 Å². The van der Waals surface area contributed by atoms with E-state index in [1.807, 2.05) is 0 Å². The zero-order valence-corrected chi connectivity index (χ0v) is 13.2. The molecule has 1 heterocycles. The SMILES string of the molecule is N/C=C(\C=C(/N)SC(F)F)c1nc2cc(F)c(F)cc2n1C1CC1. The highest BCUT2D eigenvalue weighted by molar-refractivity contribution is 8.03. The van der Waals surface area contributed by atoms with E-state index in [4.69, 9.17) is 11.5 Å². The predicted molar refractivity (Wildman–Crippen MR) is 85.9 cm³/mol. The molecule has 1 fully saturated rings. The van der Waals surface area contributed by atoms with E-state index in [1.165, 1.54) is 12.3 Å². The Balaban J connectivity index is 2.12. The van der Waals surface area contributed by atoms with Gasteiger partial charge >= 0.3 is 0 Å². The fourth-order valence-electron chi connectivity index (χ4n) is 2.47. The Morgan fingerprint density at radius 2 is 1.96 bits per heavy atom. The van der Waals surface area contributed by atoms with E-state index in [2.05, 4.69) is 4.98 Å². The maximum Gasteiger partial charge on any atom is 0.290 e. The molecule has 1 saturated carbocycles. The minimum Gasteiger partial charge on any atom is -0.404 e. The number of nitrogens with two attached hydrogens (primary N) is 2. The van der Waals surface area contributed by atoms with Gasteiger partial charge in [-0.2, -0.15) is 8.78 Å². The molecule has 1 aliphatic rings. The van der Waals surface area contributed by atoms with E-state index >= 15 is 0 Å². The molecule has 1 aromatic carbocycles. The smallest absolute Gasteiger partial charge is 0.290 e. The van der Waals surface area contributed by atoms with Crippen LogP contribution in [0.2, 0.25) is 0 Å². The summed E-state index contributed by atoms with van der Waals surface area (Å²) in [4.78, 5) is 4.29. The van der Waals surface area contributed by atoms with E-state index in [-0.39, 0.29) is 28.3 Å². The van der Waals surface area contributed by atoms with Crippen LogP contribution in [0.1, 0.15) is 24.7 Å². The maximum absolute atomic E-state index is 13.6. The predicted octanol–water partition coefficient (Wildman–Crippen LogP) is 3.70. The maximum atomic E-state index is 13.6. The van der Waals surface area contributed by atoms with Gasteiger partial charge in [0.15, 0.2) is 11.6 Å².